The normalized spacial score (nSPS) is 20.7. The van der Waals surface area contributed by atoms with Crippen LogP contribution in [0.4, 0.5) is 5.13 Å². The summed E-state index contributed by atoms with van der Waals surface area (Å²) >= 11 is 7.64. The minimum absolute atomic E-state index is 0.183. The number of anilines is 1. The third kappa shape index (κ3) is 5.89. The van der Waals surface area contributed by atoms with E-state index in [4.69, 9.17) is 16.6 Å². The number of thiazole rings is 1. The summed E-state index contributed by atoms with van der Waals surface area (Å²) in [5.74, 6) is -2.59. The van der Waals surface area contributed by atoms with Crippen molar-refractivity contribution in [1.29, 1.82) is 0 Å². The number of aliphatic carboxylic acids is 1. The van der Waals surface area contributed by atoms with Gasteiger partial charge in [-0.05, 0) is 30.4 Å². The Hall–Kier alpha value is -3.23. The lowest BCUT2D eigenvalue weighted by atomic mass is 9.78. The van der Waals surface area contributed by atoms with Crippen LogP contribution in [0.15, 0.2) is 60.0 Å². The largest absolute Gasteiger partial charge is 0.481 e. The van der Waals surface area contributed by atoms with Crippen LogP contribution in [-0.2, 0) is 14.4 Å². The number of carbonyl (C=O) groups is 3. The molecule has 0 saturated carbocycles. The molecule has 1 aliphatic rings. The van der Waals surface area contributed by atoms with Gasteiger partial charge in [-0.1, -0.05) is 60.1 Å². The van der Waals surface area contributed by atoms with Crippen LogP contribution in [0.1, 0.15) is 37.7 Å². The van der Waals surface area contributed by atoms with E-state index in [9.17, 15) is 19.5 Å². The number of nitrogens with one attached hydrogen (secondary N) is 1. The van der Waals surface area contributed by atoms with Crippen molar-refractivity contribution in [3.05, 3.63) is 70.6 Å². The van der Waals surface area contributed by atoms with Gasteiger partial charge < -0.3 is 10.4 Å². The summed E-state index contributed by atoms with van der Waals surface area (Å²) < 4.78 is 0. The maximum Gasteiger partial charge on any atom is 0.304 e. The molecule has 2 N–H and O–H groups in total. The first-order valence-corrected chi connectivity index (χ1v) is 12.6. The molecule has 1 aliphatic heterocycles. The molecular weight excluding hydrogens is 486 g/mol. The van der Waals surface area contributed by atoms with E-state index in [0.717, 1.165) is 11.1 Å². The van der Waals surface area contributed by atoms with Gasteiger partial charge in [0.1, 0.15) is 0 Å². The van der Waals surface area contributed by atoms with Gasteiger partial charge in [-0.3, -0.25) is 19.3 Å². The predicted molar refractivity (Wildman–Crippen MR) is 137 cm³/mol. The summed E-state index contributed by atoms with van der Waals surface area (Å²) in [5, 5.41) is 15.4. The number of halogens is 1. The lowest BCUT2D eigenvalue weighted by Gasteiger charge is -2.36. The van der Waals surface area contributed by atoms with Gasteiger partial charge in [0, 0.05) is 35.5 Å². The number of amides is 2. The average Bonchev–Trinajstić information content (AvgIpc) is 3.30. The Bertz CT molecular complexity index is 1220. The molecule has 182 valence electrons. The molecule has 0 bridgehead atoms. The SMILES string of the molecule is CC(=O)N[C@@H]1CC[C@H](c2ccccc2)[C@H](CC(=O)O)C(=O)N(c2nc(-c3ccccc3Cl)cs2)C1. The monoisotopic (exact) mass is 511 g/mol. The third-order valence-electron chi connectivity index (χ3n) is 6.20. The molecule has 35 heavy (non-hydrogen) atoms. The van der Waals surface area contributed by atoms with Crippen LogP contribution in [0.2, 0.25) is 5.02 Å². The topological polar surface area (TPSA) is 99.6 Å². The number of hydrogen-bond donors (Lipinski definition) is 2. The van der Waals surface area contributed by atoms with E-state index >= 15 is 0 Å². The van der Waals surface area contributed by atoms with Crippen molar-refractivity contribution in [3.63, 3.8) is 0 Å². The maximum absolute atomic E-state index is 14.0. The molecule has 2 heterocycles. The first-order valence-electron chi connectivity index (χ1n) is 11.4. The summed E-state index contributed by atoms with van der Waals surface area (Å²) in [6.07, 6.45) is 0.888. The van der Waals surface area contributed by atoms with E-state index in [0.29, 0.717) is 28.7 Å². The van der Waals surface area contributed by atoms with Crippen LogP contribution in [0, 0.1) is 5.92 Å². The molecule has 0 aliphatic carbocycles. The molecule has 3 atom stereocenters. The highest BCUT2D eigenvalue weighted by atomic mass is 35.5. The van der Waals surface area contributed by atoms with Crippen molar-refractivity contribution in [2.24, 2.45) is 5.92 Å². The number of rotatable bonds is 6. The fraction of sp³-hybridized carbons (Fsp3) is 0.308. The second-order valence-electron chi connectivity index (χ2n) is 8.64. The molecule has 7 nitrogen and oxygen atoms in total. The second kappa shape index (κ2) is 11.0. The van der Waals surface area contributed by atoms with Crippen LogP contribution >= 0.6 is 22.9 Å². The van der Waals surface area contributed by atoms with Crippen molar-refractivity contribution in [3.8, 4) is 11.3 Å². The highest BCUT2D eigenvalue weighted by Crippen LogP contribution is 2.38. The molecular formula is C26H26ClN3O4S. The minimum atomic E-state index is -1.03. The van der Waals surface area contributed by atoms with Gasteiger partial charge in [-0.15, -0.1) is 11.3 Å². The van der Waals surface area contributed by atoms with Crippen LogP contribution in [0.3, 0.4) is 0 Å². The summed E-state index contributed by atoms with van der Waals surface area (Å²) in [6.45, 7) is 1.66. The van der Waals surface area contributed by atoms with E-state index in [1.807, 2.05) is 53.9 Å². The smallest absolute Gasteiger partial charge is 0.304 e. The fourth-order valence-electron chi connectivity index (χ4n) is 4.63. The number of hydrogen-bond acceptors (Lipinski definition) is 5. The number of carboxylic acids is 1. The molecule has 1 saturated heterocycles. The van der Waals surface area contributed by atoms with Crippen molar-refractivity contribution < 1.29 is 19.5 Å². The Labute approximate surface area is 212 Å². The van der Waals surface area contributed by atoms with Crippen LogP contribution < -0.4 is 10.2 Å². The molecule has 2 amide bonds. The molecule has 2 aromatic carbocycles. The quantitative estimate of drug-likeness (QED) is 0.486. The van der Waals surface area contributed by atoms with Crippen molar-refractivity contribution >= 4 is 45.9 Å². The summed E-state index contributed by atoms with van der Waals surface area (Å²) in [7, 11) is 0. The molecule has 0 spiro atoms. The van der Waals surface area contributed by atoms with Gasteiger partial charge in [0.2, 0.25) is 11.8 Å². The van der Waals surface area contributed by atoms with E-state index < -0.39 is 11.9 Å². The maximum atomic E-state index is 14.0. The molecule has 1 fully saturated rings. The molecule has 3 aromatic rings. The summed E-state index contributed by atoms with van der Waals surface area (Å²) in [6, 6.07) is 16.5. The Morgan fingerprint density at radius 2 is 1.86 bits per heavy atom. The zero-order valence-corrected chi connectivity index (χ0v) is 20.8. The number of benzene rings is 2. The van der Waals surface area contributed by atoms with Crippen molar-refractivity contribution in [2.75, 3.05) is 11.4 Å². The average molecular weight is 512 g/mol. The predicted octanol–water partition coefficient (Wildman–Crippen LogP) is 4.97. The Balaban J connectivity index is 1.75. The number of nitrogens with zero attached hydrogens (tertiary/aromatic N) is 2. The minimum Gasteiger partial charge on any atom is -0.481 e. The molecule has 9 heteroatoms. The first-order chi connectivity index (χ1) is 16.8. The van der Waals surface area contributed by atoms with Gasteiger partial charge in [0.05, 0.1) is 18.0 Å². The van der Waals surface area contributed by atoms with E-state index in [1.165, 1.54) is 23.2 Å². The van der Waals surface area contributed by atoms with Crippen molar-refractivity contribution in [1.82, 2.24) is 10.3 Å². The second-order valence-corrected chi connectivity index (χ2v) is 9.88. The standard InChI is InChI=1S/C26H26ClN3O4S/c1-16(31)28-18-11-12-19(17-7-3-2-4-8-17)21(13-24(32)33)25(34)30(14-18)26-29-23(15-35-26)20-9-5-6-10-22(20)27/h2-10,15,18-19,21H,11-14H2,1H3,(H,28,31)(H,32,33)/t18-,19-,21+/m1/s1. The molecule has 4 rings (SSSR count). The highest BCUT2D eigenvalue weighted by molar-refractivity contribution is 7.14. The van der Waals surface area contributed by atoms with Gasteiger partial charge in [0.15, 0.2) is 5.13 Å². The first kappa shape index (κ1) is 24.9. The zero-order chi connectivity index (χ0) is 24.9. The molecule has 1 aromatic heterocycles. The van der Waals surface area contributed by atoms with Crippen LogP contribution in [0.5, 0.6) is 0 Å². The van der Waals surface area contributed by atoms with Crippen molar-refractivity contribution in [2.45, 2.75) is 38.1 Å². The number of carbonyl (C=O) groups excluding carboxylic acids is 2. The number of aromatic nitrogens is 1. The number of carboxylic acid groups (broad SMARTS) is 1. The third-order valence-corrected chi connectivity index (χ3v) is 7.39. The lowest BCUT2D eigenvalue weighted by molar-refractivity contribution is -0.141. The Morgan fingerprint density at radius 1 is 1.14 bits per heavy atom. The molecule has 0 radical (unpaired) electrons. The van der Waals surface area contributed by atoms with Crippen LogP contribution in [0.25, 0.3) is 11.3 Å². The lowest BCUT2D eigenvalue weighted by Crippen LogP contribution is -2.50. The van der Waals surface area contributed by atoms with Gasteiger partial charge in [-0.25, -0.2) is 4.98 Å². The zero-order valence-electron chi connectivity index (χ0n) is 19.2. The van der Waals surface area contributed by atoms with E-state index in [2.05, 4.69) is 5.32 Å². The Morgan fingerprint density at radius 3 is 2.54 bits per heavy atom. The van der Waals surface area contributed by atoms with Gasteiger partial charge in [0.25, 0.3) is 0 Å². The highest BCUT2D eigenvalue weighted by Gasteiger charge is 2.39. The fourth-order valence-corrected chi connectivity index (χ4v) is 5.70. The summed E-state index contributed by atoms with van der Waals surface area (Å²) in [4.78, 5) is 43.9. The van der Waals surface area contributed by atoms with Gasteiger partial charge in [-0.2, -0.15) is 0 Å². The molecule has 0 unspecified atom stereocenters. The van der Waals surface area contributed by atoms with Crippen LogP contribution in [-0.4, -0.2) is 40.5 Å². The van der Waals surface area contributed by atoms with Gasteiger partial charge >= 0.3 is 5.97 Å². The van der Waals surface area contributed by atoms with E-state index in [1.54, 1.807) is 6.07 Å². The summed E-state index contributed by atoms with van der Waals surface area (Å²) in [5.41, 5.74) is 2.29. The Kier molecular flexibility index (Phi) is 7.83. The van der Waals surface area contributed by atoms with E-state index in [-0.39, 0.29) is 36.7 Å².